The first-order valence-electron chi connectivity index (χ1n) is 8.85. The SMILES string of the molecule is [2H]c1c([2H])c([2H])c(-c2c([N+](=O)[O-])ccc(-c3ccccc3)c2F)c([2H])c1[2H]. The minimum absolute atomic E-state index is 0.0306. The molecule has 3 nitrogen and oxygen atoms in total. The van der Waals surface area contributed by atoms with E-state index in [-0.39, 0.29) is 5.56 Å². The topological polar surface area (TPSA) is 43.1 Å². The summed E-state index contributed by atoms with van der Waals surface area (Å²) in [5, 5.41) is 11.4. The molecule has 0 aliphatic rings. The third-order valence-corrected chi connectivity index (χ3v) is 3.15. The summed E-state index contributed by atoms with van der Waals surface area (Å²) in [6.07, 6.45) is 0. The van der Waals surface area contributed by atoms with E-state index in [0.29, 0.717) is 5.56 Å². The Kier molecular flexibility index (Phi) is 2.39. The van der Waals surface area contributed by atoms with E-state index < -0.39 is 57.8 Å². The standard InChI is InChI=1S/C18H12FNO2/c19-18-15(13-7-3-1-4-8-13)11-12-16(20(21)22)17(18)14-9-5-2-6-10-14/h1-12H/i2D,5D,6D,9D,10D. The van der Waals surface area contributed by atoms with Crippen LogP contribution < -0.4 is 0 Å². The van der Waals surface area contributed by atoms with E-state index in [0.717, 1.165) is 6.07 Å². The number of nitrogens with zero attached hydrogens (tertiary/aromatic N) is 1. The molecule has 0 aliphatic carbocycles. The van der Waals surface area contributed by atoms with Gasteiger partial charge in [0.25, 0.3) is 5.69 Å². The number of rotatable bonds is 3. The Balaban J connectivity index is 2.45. The molecular weight excluding hydrogens is 281 g/mol. The Morgan fingerprint density at radius 1 is 0.955 bits per heavy atom. The molecule has 0 N–H and O–H groups in total. The first-order chi connectivity index (χ1) is 12.8. The highest BCUT2D eigenvalue weighted by molar-refractivity contribution is 5.80. The Morgan fingerprint density at radius 3 is 2.27 bits per heavy atom. The first kappa shape index (κ1) is 9.10. The fraction of sp³-hybridized carbons (Fsp3) is 0. The molecule has 0 aliphatic heterocycles. The van der Waals surface area contributed by atoms with E-state index in [1.165, 1.54) is 6.07 Å². The molecule has 0 atom stereocenters. The maximum atomic E-state index is 15.3. The lowest BCUT2D eigenvalue weighted by molar-refractivity contribution is -0.384. The average molecular weight is 298 g/mol. The van der Waals surface area contributed by atoms with Gasteiger partial charge in [-0.05, 0) is 17.2 Å². The summed E-state index contributed by atoms with van der Waals surface area (Å²) in [5.74, 6) is -1.02. The predicted octanol–water partition coefficient (Wildman–Crippen LogP) is 5.07. The summed E-state index contributed by atoms with van der Waals surface area (Å²) in [5.41, 5.74) is -1.37. The maximum absolute atomic E-state index is 15.3. The molecule has 0 heterocycles. The van der Waals surface area contributed by atoms with Crippen molar-refractivity contribution in [1.29, 1.82) is 0 Å². The van der Waals surface area contributed by atoms with E-state index in [1.807, 2.05) is 0 Å². The molecule has 0 saturated heterocycles. The molecule has 0 fully saturated rings. The normalized spacial score (nSPS) is 13.6. The molecule has 4 heteroatoms. The highest BCUT2D eigenvalue weighted by Crippen LogP contribution is 2.37. The molecule has 0 unspecified atom stereocenters. The predicted molar refractivity (Wildman–Crippen MR) is 83.9 cm³/mol. The molecule has 3 aromatic rings. The molecule has 0 aromatic heterocycles. The molecule has 0 spiro atoms. The van der Waals surface area contributed by atoms with Crippen molar-refractivity contribution >= 4 is 5.69 Å². The summed E-state index contributed by atoms with van der Waals surface area (Å²) in [4.78, 5) is 10.6. The number of nitro groups is 1. The van der Waals surface area contributed by atoms with Crippen molar-refractivity contribution in [3.05, 3.63) is 88.6 Å². The average Bonchev–Trinajstić information content (AvgIpc) is 2.66. The van der Waals surface area contributed by atoms with Gasteiger partial charge in [0.05, 0.1) is 17.3 Å². The minimum Gasteiger partial charge on any atom is -0.258 e. The second-order valence-corrected chi connectivity index (χ2v) is 4.44. The Labute approximate surface area is 133 Å². The largest absolute Gasteiger partial charge is 0.280 e. The number of hydrogen-bond acceptors (Lipinski definition) is 2. The summed E-state index contributed by atoms with van der Waals surface area (Å²) >= 11 is 0. The van der Waals surface area contributed by atoms with Crippen molar-refractivity contribution in [2.24, 2.45) is 0 Å². The lowest BCUT2D eigenvalue weighted by atomic mass is 9.96. The number of halogens is 1. The fourth-order valence-corrected chi connectivity index (χ4v) is 2.17. The van der Waals surface area contributed by atoms with Crippen LogP contribution in [-0.2, 0) is 0 Å². The molecule has 22 heavy (non-hydrogen) atoms. The first-order valence-corrected chi connectivity index (χ1v) is 6.35. The Morgan fingerprint density at radius 2 is 1.64 bits per heavy atom. The van der Waals surface area contributed by atoms with Crippen LogP contribution in [0.1, 0.15) is 6.85 Å². The van der Waals surface area contributed by atoms with Gasteiger partial charge in [-0.25, -0.2) is 4.39 Å². The van der Waals surface area contributed by atoms with E-state index in [9.17, 15) is 10.1 Å². The van der Waals surface area contributed by atoms with Gasteiger partial charge in [-0.1, -0.05) is 60.5 Å². The van der Waals surface area contributed by atoms with Gasteiger partial charge in [0, 0.05) is 11.6 Å². The number of nitro benzene ring substituents is 1. The van der Waals surface area contributed by atoms with E-state index >= 15 is 4.39 Å². The zero-order valence-corrected chi connectivity index (χ0v) is 11.2. The molecule has 3 rings (SSSR count). The molecular formula is C18H12FNO2. The Bertz CT molecular complexity index is 1040. The van der Waals surface area contributed by atoms with Gasteiger partial charge in [-0.15, -0.1) is 0 Å². The lowest BCUT2D eigenvalue weighted by Crippen LogP contribution is -1.97. The second kappa shape index (κ2) is 5.77. The monoisotopic (exact) mass is 298 g/mol. The van der Waals surface area contributed by atoms with E-state index in [2.05, 4.69) is 0 Å². The van der Waals surface area contributed by atoms with Crippen LogP contribution in [0.25, 0.3) is 22.3 Å². The molecule has 108 valence electrons. The number of benzene rings is 3. The second-order valence-electron chi connectivity index (χ2n) is 4.44. The van der Waals surface area contributed by atoms with Gasteiger partial charge in [-0.2, -0.15) is 0 Å². The minimum atomic E-state index is -1.02. The lowest BCUT2D eigenvalue weighted by Gasteiger charge is -2.10. The molecule has 0 bridgehead atoms. The van der Waals surface area contributed by atoms with Crippen molar-refractivity contribution in [2.75, 3.05) is 0 Å². The van der Waals surface area contributed by atoms with E-state index in [1.54, 1.807) is 30.3 Å². The zero-order chi connectivity index (χ0) is 19.9. The highest BCUT2D eigenvalue weighted by Gasteiger charge is 2.22. The summed E-state index contributed by atoms with van der Waals surface area (Å²) in [6, 6.07) is 7.14. The third-order valence-electron chi connectivity index (χ3n) is 3.15. The smallest absolute Gasteiger partial charge is 0.258 e. The van der Waals surface area contributed by atoms with Crippen molar-refractivity contribution < 1.29 is 16.2 Å². The van der Waals surface area contributed by atoms with E-state index in [4.69, 9.17) is 6.85 Å². The Hall–Kier alpha value is -3.01. The van der Waals surface area contributed by atoms with Crippen LogP contribution in [0.5, 0.6) is 0 Å². The summed E-state index contributed by atoms with van der Waals surface area (Å²) < 4.78 is 54.5. The van der Waals surface area contributed by atoms with Crippen molar-refractivity contribution in [3.63, 3.8) is 0 Å². The third kappa shape index (κ3) is 2.46. The van der Waals surface area contributed by atoms with Crippen LogP contribution in [0, 0.1) is 15.9 Å². The molecule has 0 amide bonds. The maximum Gasteiger partial charge on any atom is 0.280 e. The van der Waals surface area contributed by atoms with Gasteiger partial charge >= 0.3 is 0 Å². The quantitative estimate of drug-likeness (QED) is 0.500. The summed E-state index contributed by atoms with van der Waals surface area (Å²) in [6.45, 7) is 0. The van der Waals surface area contributed by atoms with Crippen LogP contribution >= 0.6 is 0 Å². The molecule has 0 radical (unpaired) electrons. The van der Waals surface area contributed by atoms with Crippen molar-refractivity contribution in [2.45, 2.75) is 0 Å². The van der Waals surface area contributed by atoms with Gasteiger partial charge in [0.15, 0.2) is 0 Å². The van der Waals surface area contributed by atoms with Gasteiger partial charge in [0.1, 0.15) is 5.82 Å². The van der Waals surface area contributed by atoms with Crippen LogP contribution in [0.3, 0.4) is 0 Å². The van der Waals surface area contributed by atoms with Gasteiger partial charge in [-0.3, -0.25) is 10.1 Å². The highest BCUT2D eigenvalue weighted by atomic mass is 19.1. The van der Waals surface area contributed by atoms with Crippen molar-refractivity contribution in [1.82, 2.24) is 0 Å². The van der Waals surface area contributed by atoms with Gasteiger partial charge in [0.2, 0.25) is 0 Å². The summed E-state index contributed by atoms with van der Waals surface area (Å²) in [7, 11) is 0. The van der Waals surface area contributed by atoms with Crippen LogP contribution in [0.4, 0.5) is 10.1 Å². The fourth-order valence-electron chi connectivity index (χ4n) is 2.17. The molecule has 0 saturated carbocycles. The molecule has 3 aromatic carbocycles. The van der Waals surface area contributed by atoms with Crippen LogP contribution in [0.2, 0.25) is 0 Å². The zero-order valence-electron chi connectivity index (χ0n) is 16.2. The number of hydrogen-bond donors (Lipinski definition) is 0. The van der Waals surface area contributed by atoms with Crippen LogP contribution in [-0.4, -0.2) is 4.92 Å². The van der Waals surface area contributed by atoms with Crippen molar-refractivity contribution in [3.8, 4) is 22.3 Å². The van der Waals surface area contributed by atoms with Crippen LogP contribution in [0.15, 0.2) is 72.7 Å². The van der Waals surface area contributed by atoms with Gasteiger partial charge < -0.3 is 0 Å².